The summed E-state index contributed by atoms with van der Waals surface area (Å²) in [7, 11) is -0.480. The molecule has 0 saturated carbocycles. The number of anilines is 1. The van der Waals surface area contributed by atoms with Crippen LogP contribution in [0.4, 0.5) is 5.69 Å². The minimum Gasteiger partial charge on any atom is -0.493 e. The molecule has 0 bridgehead atoms. The lowest BCUT2D eigenvalue weighted by atomic mass is 10.1. The van der Waals surface area contributed by atoms with Crippen LogP contribution >= 0.6 is 0 Å². The first-order valence-electron chi connectivity index (χ1n) is 11.8. The van der Waals surface area contributed by atoms with Gasteiger partial charge >= 0.3 is 0 Å². The molecular formula is C25H33N3O5S. The van der Waals surface area contributed by atoms with Crippen molar-refractivity contribution in [1.82, 2.24) is 9.62 Å². The van der Waals surface area contributed by atoms with Crippen LogP contribution in [-0.2, 0) is 16.4 Å². The van der Waals surface area contributed by atoms with Crippen LogP contribution in [0.5, 0.6) is 11.5 Å². The van der Waals surface area contributed by atoms with E-state index in [9.17, 15) is 13.2 Å². The Morgan fingerprint density at radius 2 is 1.59 bits per heavy atom. The molecule has 2 aliphatic rings. The van der Waals surface area contributed by atoms with Gasteiger partial charge in [-0.05, 0) is 68.0 Å². The molecule has 2 saturated heterocycles. The lowest BCUT2D eigenvalue weighted by Crippen LogP contribution is -2.31. The molecule has 0 unspecified atom stereocenters. The molecule has 34 heavy (non-hydrogen) atoms. The van der Waals surface area contributed by atoms with Gasteiger partial charge in [-0.1, -0.05) is 6.07 Å². The molecule has 1 N–H and O–H groups in total. The van der Waals surface area contributed by atoms with Crippen LogP contribution in [0, 0.1) is 0 Å². The predicted octanol–water partition coefficient (Wildman–Crippen LogP) is 3.06. The van der Waals surface area contributed by atoms with Crippen molar-refractivity contribution < 1.29 is 22.7 Å². The first kappa shape index (κ1) is 24.3. The van der Waals surface area contributed by atoms with E-state index in [2.05, 4.69) is 10.2 Å². The number of ether oxygens (including phenoxy) is 2. The van der Waals surface area contributed by atoms with Gasteiger partial charge in [-0.15, -0.1) is 0 Å². The number of nitrogens with zero attached hydrogens (tertiary/aromatic N) is 2. The topological polar surface area (TPSA) is 88.2 Å². The molecule has 9 heteroatoms. The summed E-state index contributed by atoms with van der Waals surface area (Å²) in [5, 5.41) is 2.92. The molecule has 4 rings (SSSR count). The fourth-order valence-electron chi connectivity index (χ4n) is 4.61. The highest BCUT2D eigenvalue weighted by Gasteiger charge is 2.32. The molecular weight excluding hydrogens is 454 g/mol. The largest absolute Gasteiger partial charge is 0.493 e. The van der Waals surface area contributed by atoms with Gasteiger partial charge in [0, 0.05) is 38.3 Å². The highest BCUT2D eigenvalue weighted by Crippen LogP contribution is 2.33. The van der Waals surface area contributed by atoms with Gasteiger partial charge in [0.05, 0.1) is 19.9 Å². The normalized spacial score (nSPS) is 16.6. The Bertz CT molecular complexity index is 1120. The fourth-order valence-corrected chi connectivity index (χ4v) is 6.36. The molecule has 184 valence electrons. The number of amides is 1. The van der Waals surface area contributed by atoms with Crippen molar-refractivity contribution in [2.24, 2.45) is 0 Å². The third-order valence-electron chi connectivity index (χ3n) is 6.50. The number of carbonyl (C=O) groups is 1. The quantitative estimate of drug-likeness (QED) is 0.585. The van der Waals surface area contributed by atoms with Gasteiger partial charge in [-0.25, -0.2) is 8.42 Å². The summed E-state index contributed by atoms with van der Waals surface area (Å²) in [5.74, 6) is 1.01. The van der Waals surface area contributed by atoms with E-state index < -0.39 is 10.0 Å². The number of sulfonamides is 1. The molecule has 0 spiro atoms. The smallest absolute Gasteiger partial charge is 0.251 e. The molecule has 0 aliphatic carbocycles. The van der Waals surface area contributed by atoms with Crippen molar-refractivity contribution in [2.75, 3.05) is 51.8 Å². The monoisotopic (exact) mass is 487 g/mol. The second-order valence-corrected chi connectivity index (χ2v) is 10.6. The molecule has 2 aromatic carbocycles. The first-order valence-corrected chi connectivity index (χ1v) is 13.3. The summed E-state index contributed by atoms with van der Waals surface area (Å²) in [4.78, 5) is 15.3. The summed E-state index contributed by atoms with van der Waals surface area (Å²) >= 11 is 0. The van der Waals surface area contributed by atoms with Crippen LogP contribution in [0.2, 0.25) is 0 Å². The minimum atomic E-state index is -3.65. The maximum atomic E-state index is 13.4. The van der Waals surface area contributed by atoms with Gasteiger partial charge in [0.2, 0.25) is 10.0 Å². The number of carbonyl (C=O) groups excluding carboxylic acids is 1. The molecule has 1 amide bonds. The summed E-state index contributed by atoms with van der Waals surface area (Å²) in [6.45, 7) is 3.14. The molecule has 8 nitrogen and oxygen atoms in total. The maximum absolute atomic E-state index is 13.4. The van der Waals surface area contributed by atoms with Crippen molar-refractivity contribution in [3.8, 4) is 11.5 Å². The van der Waals surface area contributed by atoms with Crippen molar-refractivity contribution in [1.29, 1.82) is 0 Å². The highest BCUT2D eigenvalue weighted by molar-refractivity contribution is 7.89. The van der Waals surface area contributed by atoms with E-state index in [4.69, 9.17) is 9.47 Å². The van der Waals surface area contributed by atoms with E-state index in [-0.39, 0.29) is 10.8 Å². The summed E-state index contributed by atoms with van der Waals surface area (Å²) in [5.41, 5.74) is 2.05. The predicted molar refractivity (Wildman–Crippen MR) is 131 cm³/mol. The van der Waals surface area contributed by atoms with E-state index in [1.165, 1.54) is 0 Å². The number of rotatable bonds is 9. The van der Waals surface area contributed by atoms with Gasteiger partial charge in [0.1, 0.15) is 4.90 Å². The van der Waals surface area contributed by atoms with Crippen molar-refractivity contribution >= 4 is 21.6 Å². The lowest BCUT2D eigenvalue weighted by molar-refractivity contribution is 0.0954. The first-order chi connectivity index (χ1) is 16.4. The Morgan fingerprint density at radius 1 is 0.912 bits per heavy atom. The van der Waals surface area contributed by atoms with Crippen LogP contribution in [0.25, 0.3) is 0 Å². The number of hydrogen-bond donors (Lipinski definition) is 1. The molecule has 2 fully saturated rings. The third kappa shape index (κ3) is 5.15. The molecule has 2 heterocycles. The van der Waals surface area contributed by atoms with Crippen molar-refractivity contribution in [3.63, 3.8) is 0 Å². The van der Waals surface area contributed by atoms with Crippen LogP contribution in [0.15, 0.2) is 41.3 Å². The van der Waals surface area contributed by atoms with Crippen LogP contribution in [0.1, 0.15) is 41.6 Å². The average Bonchev–Trinajstić information content (AvgIpc) is 3.58. The lowest BCUT2D eigenvalue weighted by Gasteiger charge is -2.24. The van der Waals surface area contributed by atoms with E-state index in [1.54, 1.807) is 36.7 Å². The van der Waals surface area contributed by atoms with Gasteiger partial charge in [-0.2, -0.15) is 4.31 Å². The Morgan fingerprint density at radius 3 is 2.26 bits per heavy atom. The molecule has 0 radical (unpaired) electrons. The molecule has 0 atom stereocenters. The van der Waals surface area contributed by atoms with Gasteiger partial charge < -0.3 is 19.7 Å². The number of benzene rings is 2. The van der Waals surface area contributed by atoms with Crippen molar-refractivity contribution in [3.05, 3.63) is 47.5 Å². The Labute approximate surface area is 201 Å². The van der Waals surface area contributed by atoms with Crippen LogP contribution in [0.3, 0.4) is 0 Å². The molecule has 2 aliphatic heterocycles. The molecule has 0 aromatic heterocycles. The number of hydrogen-bond acceptors (Lipinski definition) is 6. The second-order valence-electron chi connectivity index (χ2n) is 8.68. The second kappa shape index (κ2) is 10.7. The number of methoxy groups -OCH3 is 2. The van der Waals surface area contributed by atoms with Crippen LogP contribution in [-0.4, -0.2) is 65.6 Å². The minimum absolute atomic E-state index is 0.240. The standard InChI is InChI=1S/C25H33N3O5S/c1-32-22-10-7-19(17-23(22)33-2)11-12-26-25(29)20-8-9-21(27-13-3-4-14-27)24(18-20)34(30,31)28-15-5-6-16-28/h7-10,17-18H,3-6,11-16H2,1-2H3,(H,26,29). The average molecular weight is 488 g/mol. The summed E-state index contributed by atoms with van der Waals surface area (Å²) < 4.78 is 39.0. The van der Waals surface area contributed by atoms with Gasteiger partial charge in [-0.3, -0.25) is 4.79 Å². The van der Waals surface area contributed by atoms with Crippen molar-refractivity contribution in [2.45, 2.75) is 37.0 Å². The highest BCUT2D eigenvalue weighted by atomic mass is 32.2. The summed E-state index contributed by atoms with van der Waals surface area (Å²) in [6.07, 6.45) is 4.43. The zero-order valence-electron chi connectivity index (χ0n) is 19.9. The zero-order valence-corrected chi connectivity index (χ0v) is 20.7. The number of nitrogens with one attached hydrogen (secondary N) is 1. The fraction of sp³-hybridized carbons (Fsp3) is 0.480. The zero-order chi connectivity index (χ0) is 24.1. The Hall–Kier alpha value is -2.78. The third-order valence-corrected chi connectivity index (χ3v) is 8.43. The Kier molecular flexibility index (Phi) is 7.63. The Balaban J connectivity index is 1.50. The van der Waals surface area contributed by atoms with Crippen LogP contribution < -0.4 is 19.7 Å². The van der Waals surface area contributed by atoms with E-state index >= 15 is 0 Å². The SMILES string of the molecule is COc1ccc(CCNC(=O)c2ccc(N3CCCC3)c(S(=O)(=O)N3CCCC3)c2)cc1OC. The summed E-state index contributed by atoms with van der Waals surface area (Å²) in [6, 6.07) is 10.7. The molecule has 2 aromatic rings. The maximum Gasteiger partial charge on any atom is 0.251 e. The van der Waals surface area contributed by atoms with E-state index in [1.807, 2.05) is 18.2 Å². The van der Waals surface area contributed by atoms with Gasteiger partial charge in [0.25, 0.3) is 5.91 Å². The van der Waals surface area contributed by atoms with E-state index in [0.29, 0.717) is 48.8 Å². The van der Waals surface area contributed by atoms with E-state index in [0.717, 1.165) is 44.3 Å². The van der Waals surface area contributed by atoms with Gasteiger partial charge in [0.15, 0.2) is 11.5 Å².